The molecule has 0 aliphatic carbocycles. The Labute approximate surface area is 111 Å². The van der Waals surface area contributed by atoms with Crippen LogP contribution in [0, 0.1) is 12.7 Å². The van der Waals surface area contributed by atoms with Crippen molar-refractivity contribution in [1.29, 1.82) is 0 Å². The highest BCUT2D eigenvalue weighted by Crippen LogP contribution is 2.20. The van der Waals surface area contributed by atoms with Gasteiger partial charge in [-0.15, -0.1) is 10.2 Å². The van der Waals surface area contributed by atoms with Crippen LogP contribution in [0.25, 0.3) is 11.3 Å². The Hall–Kier alpha value is -2.01. The van der Waals surface area contributed by atoms with Gasteiger partial charge in [0.1, 0.15) is 11.6 Å². The van der Waals surface area contributed by atoms with E-state index >= 15 is 0 Å². The van der Waals surface area contributed by atoms with E-state index in [2.05, 4.69) is 15.5 Å². The predicted octanol–water partition coefficient (Wildman–Crippen LogP) is 2.35. The van der Waals surface area contributed by atoms with Crippen LogP contribution in [-0.2, 0) is 0 Å². The summed E-state index contributed by atoms with van der Waals surface area (Å²) in [4.78, 5) is 0. The van der Waals surface area contributed by atoms with Crippen LogP contribution < -0.4 is 11.1 Å². The van der Waals surface area contributed by atoms with E-state index in [0.717, 1.165) is 5.56 Å². The molecule has 100 valence electrons. The first-order chi connectivity index (χ1) is 9.10. The molecule has 2 rings (SSSR count). The van der Waals surface area contributed by atoms with Crippen LogP contribution in [0.2, 0.25) is 0 Å². The molecule has 5 heteroatoms. The van der Waals surface area contributed by atoms with E-state index in [9.17, 15) is 4.39 Å². The summed E-state index contributed by atoms with van der Waals surface area (Å²) in [5.74, 6) is 0.465. The first-order valence-corrected chi connectivity index (χ1v) is 6.17. The SMILES string of the molecule is Cc1cc(-c2ccc(NC(C)CN)nn2)ccc1F. The Bertz CT molecular complexity index is 554. The van der Waals surface area contributed by atoms with Crippen molar-refractivity contribution in [2.24, 2.45) is 5.73 Å². The summed E-state index contributed by atoms with van der Waals surface area (Å²) in [7, 11) is 0. The van der Waals surface area contributed by atoms with Crippen LogP contribution in [0.5, 0.6) is 0 Å². The Kier molecular flexibility index (Phi) is 4.06. The third kappa shape index (κ3) is 3.26. The van der Waals surface area contributed by atoms with E-state index in [1.807, 2.05) is 19.1 Å². The molecule has 0 aliphatic heterocycles. The third-order valence-corrected chi connectivity index (χ3v) is 2.87. The van der Waals surface area contributed by atoms with Crippen LogP contribution in [0.3, 0.4) is 0 Å². The fourth-order valence-corrected chi connectivity index (χ4v) is 1.68. The Morgan fingerprint density at radius 1 is 1.26 bits per heavy atom. The van der Waals surface area contributed by atoms with Gasteiger partial charge < -0.3 is 11.1 Å². The molecular formula is C14H17FN4. The average Bonchev–Trinajstić information content (AvgIpc) is 2.42. The van der Waals surface area contributed by atoms with Crippen molar-refractivity contribution in [3.8, 4) is 11.3 Å². The fraction of sp³-hybridized carbons (Fsp3) is 0.286. The maximum Gasteiger partial charge on any atom is 0.148 e. The van der Waals surface area contributed by atoms with Gasteiger partial charge in [-0.2, -0.15) is 0 Å². The number of aryl methyl sites for hydroxylation is 1. The zero-order chi connectivity index (χ0) is 13.8. The van der Waals surface area contributed by atoms with Gasteiger partial charge in [-0.1, -0.05) is 0 Å². The fourth-order valence-electron chi connectivity index (χ4n) is 1.68. The molecule has 0 spiro atoms. The number of anilines is 1. The van der Waals surface area contributed by atoms with E-state index in [1.54, 1.807) is 19.1 Å². The molecule has 3 N–H and O–H groups in total. The Morgan fingerprint density at radius 2 is 2.05 bits per heavy atom. The van der Waals surface area contributed by atoms with Gasteiger partial charge in [-0.3, -0.25) is 0 Å². The molecule has 0 amide bonds. The molecule has 0 bridgehead atoms. The van der Waals surface area contributed by atoms with E-state index in [0.29, 0.717) is 23.6 Å². The minimum Gasteiger partial charge on any atom is -0.365 e. The molecule has 4 nitrogen and oxygen atoms in total. The lowest BCUT2D eigenvalue weighted by atomic mass is 10.1. The highest BCUT2D eigenvalue weighted by atomic mass is 19.1. The van der Waals surface area contributed by atoms with Crippen molar-refractivity contribution in [2.45, 2.75) is 19.9 Å². The van der Waals surface area contributed by atoms with Gasteiger partial charge in [0.15, 0.2) is 0 Å². The predicted molar refractivity (Wildman–Crippen MR) is 74.3 cm³/mol. The molecule has 19 heavy (non-hydrogen) atoms. The van der Waals surface area contributed by atoms with E-state index in [-0.39, 0.29) is 11.9 Å². The van der Waals surface area contributed by atoms with Crippen LogP contribution in [0.1, 0.15) is 12.5 Å². The number of benzene rings is 1. The summed E-state index contributed by atoms with van der Waals surface area (Å²) in [6.45, 7) is 4.23. The molecule has 0 saturated carbocycles. The van der Waals surface area contributed by atoms with Crippen molar-refractivity contribution in [3.63, 3.8) is 0 Å². The molecular weight excluding hydrogens is 243 g/mol. The Morgan fingerprint density at radius 3 is 2.63 bits per heavy atom. The van der Waals surface area contributed by atoms with Crippen molar-refractivity contribution < 1.29 is 4.39 Å². The van der Waals surface area contributed by atoms with Crippen LogP contribution in [0.4, 0.5) is 10.2 Å². The number of nitrogens with one attached hydrogen (secondary N) is 1. The average molecular weight is 260 g/mol. The molecule has 0 radical (unpaired) electrons. The lowest BCUT2D eigenvalue weighted by Gasteiger charge is -2.11. The lowest BCUT2D eigenvalue weighted by Crippen LogP contribution is -2.25. The normalized spacial score (nSPS) is 12.2. The standard InChI is InChI=1S/C14H17FN4/c1-9-7-11(3-4-12(9)15)13-5-6-14(19-18-13)17-10(2)8-16/h3-7,10H,8,16H2,1-2H3,(H,17,19). The van der Waals surface area contributed by atoms with Gasteiger partial charge in [-0.25, -0.2) is 4.39 Å². The number of aromatic nitrogens is 2. The molecule has 1 atom stereocenters. The third-order valence-electron chi connectivity index (χ3n) is 2.87. The van der Waals surface area contributed by atoms with Gasteiger partial charge >= 0.3 is 0 Å². The first-order valence-electron chi connectivity index (χ1n) is 6.17. The Balaban J connectivity index is 2.20. The van der Waals surface area contributed by atoms with Crippen LogP contribution in [-0.4, -0.2) is 22.8 Å². The molecule has 1 heterocycles. The highest BCUT2D eigenvalue weighted by Gasteiger charge is 2.05. The number of nitrogens with two attached hydrogens (primary N) is 1. The van der Waals surface area contributed by atoms with Crippen LogP contribution >= 0.6 is 0 Å². The minimum absolute atomic E-state index is 0.146. The highest BCUT2D eigenvalue weighted by molar-refractivity contribution is 5.60. The van der Waals surface area contributed by atoms with E-state index in [4.69, 9.17) is 5.73 Å². The summed E-state index contributed by atoms with van der Waals surface area (Å²) in [6, 6.07) is 8.73. The zero-order valence-electron chi connectivity index (χ0n) is 11.0. The largest absolute Gasteiger partial charge is 0.365 e. The molecule has 2 aromatic rings. The maximum absolute atomic E-state index is 13.2. The maximum atomic E-state index is 13.2. The van der Waals surface area contributed by atoms with Gasteiger partial charge in [0, 0.05) is 18.2 Å². The van der Waals surface area contributed by atoms with Crippen molar-refractivity contribution >= 4 is 5.82 Å². The lowest BCUT2D eigenvalue weighted by molar-refractivity contribution is 0.618. The van der Waals surface area contributed by atoms with Crippen molar-refractivity contribution in [2.75, 3.05) is 11.9 Å². The first kappa shape index (κ1) is 13.4. The second kappa shape index (κ2) is 5.75. The second-order valence-electron chi connectivity index (χ2n) is 4.55. The van der Waals surface area contributed by atoms with Gasteiger partial charge in [0.2, 0.25) is 0 Å². The summed E-state index contributed by atoms with van der Waals surface area (Å²) in [5, 5.41) is 11.3. The molecule has 1 unspecified atom stereocenters. The van der Waals surface area contributed by atoms with Crippen molar-refractivity contribution in [3.05, 3.63) is 41.7 Å². The van der Waals surface area contributed by atoms with Gasteiger partial charge in [-0.05, 0) is 49.7 Å². The van der Waals surface area contributed by atoms with E-state index in [1.165, 1.54) is 6.07 Å². The van der Waals surface area contributed by atoms with Gasteiger partial charge in [0.25, 0.3) is 0 Å². The summed E-state index contributed by atoms with van der Waals surface area (Å²) < 4.78 is 13.2. The number of hydrogen-bond acceptors (Lipinski definition) is 4. The monoisotopic (exact) mass is 260 g/mol. The molecule has 0 saturated heterocycles. The van der Waals surface area contributed by atoms with Crippen molar-refractivity contribution in [1.82, 2.24) is 10.2 Å². The summed E-state index contributed by atoms with van der Waals surface area (Å²) >= 11 is 0. The van der Waals surface area contributed by atoms with Crippen LogP contribution in [0.15, 0.2) is 30.3 Å². The molecule has 1 aromatic heterocycles. The molecule has 0 fully saturated rings. The zero-order valence-corrected chi connectivity index (χ0v) is 11.0. The number of nitrogens with zero attached hydrogens (tertiary/aromatic N) is 2. The second-order valence-corrected chi connectivity index (χ2v) is 4.55. The smallest absolute Gasteiger partial charge is 0.148 e. The summed E-state index contributed by atoms with van der Waals surface area (Å²) in [5.41, 5.74) is 7.69. The number of rotatable bonds is 4. The topological polar surface area (TPSA) is 63.8 Å². The molecule has 0 aliphatic rings. The minimum atomic E-state index is -0.216. The quantitative estimate of drug-likeness (QED) is 0.885. The number of halogens is 1. The van der Waals surface area contributed by atoms with Gasteiger partial charge in [0.05, 0.1) is 5.69 Å². The molecule has 1 aromatic carbocycles. The summed E-state index contributed by atoms with van der Waals surface area (Å²) in [6.07, 6.45) is 0. The number of hydrogen-bond donors (Lipinski definition) is 2. The van der Waals surface area contributed by atoms with E-state index < -0.39 is 0 Å².